The highest BCUT2D eigenvalue weighted by atomic mass is 79.9. The van der Waals surface area contributed by atoms with Gasteiger partial charge in [-0.05, 0) is 180 Å². The van der Waals surface area contributed by atoms with E-state index < -0.39 is 11.0 Å². The van der Waals surface area contributed by atoms with Gasteiger partial charge in [0.1, 0.15) is 5.75 Å². The zero-order valence-corrected chi connectivity index (χ0v) is 62.8. The summed E-state index contributed by atoms with van der Waals surface area (Å²) in [6.07, 6.45) is 6.84. The Labute approximate surface area is 598 Å². The zero-order valence-electron chi connectivity index (χ0n) is 60.5. The largest absolute Gasteiger partial charge is 0.508 e. The maximum absolute atomic E-state index is 10.4. The molecule has 0 saturated carbocycles. The number of fused-ring (bicyclic) bond motifs is 1. The topological polar surface area (TPSA) is 232 Å². The van der Waals surface area contributed by atoms with Crippen LogP contribution in [-0.4, -0.2) is 93.1 Å². The Hall–Kier alpha value is -7.30. The number of methoxy groups -OCH3 is 2. The van der Waals surface area contributed by atoms with Crippen LogP contribution in [-0.2, 0) is 38.5 Å². The predicted octanol–water partition coefficient (Wildman–Crippen LogP) is 18.1. The Balaban J connectivity index is 0.000000390. The fourth-order valence-corrected chi connectivity index (χ4v) is 8.95. The standard InChI is InChI=1S/C13H20O3.C12H15NO.C12H16O3.C11H13Br.C11H15ClO.C11H15NO3.C11H17NO/c1-9(2)11(14)7-10-5-6-12(15-3)13(8-10)16-4;1-9(2)12(14)8-10-4-6-11(13-3)7-5-10;1-8(2)10(13)5-9-3-4-11-12(6-9)15-7-14-11;1-9(2)3-4-10-5-7-11(12)8-6-10;1-8(2)11(13)7-9-3-5-10(12)6-4-9;1-8(2)11(13)7-9-3-5-10(6-4-9)12(14)15;1-8(2)11(12)7-9-3-5-10(13)6-4-9/h5-6,8-9,11,14H,7H2,1-4H3;4-7,9,12,14H,8H2,1-2H3;3-4,6,8,10,13H,5,7H2,1-2H3;3-9H,1-2H3;3-6,8,11,13H,7H2,1-2H3;3-6,8,11,13H,7H2,1-2H3;3-6,8,11,13H,7,12H2,1-2H3/b;;;4-3+;;;/t11-;12-;10-;;3*11-/m111.110/s1. The van der Waals surface area contributed by atoms with Crippen LogP contribution in [0.15, 0.2) is 168 Å². The fourth-order valence-electron chi connectivity index (χ4n) is 8.56. The number of aromatic hydroxyl groups is 1. The van der Waals surface area contributed by atoms with Crippen molar-refractivity contribution in [1.29, 1.82) is 0 Å². The summed E-state index contributed by atoms with van der Waals surface area (Å²) in [5.74, 6) is 5.71. The first-order valence-corrected chi connectivity index (χ1v) is 34.8. The van der Waals surface area contributed by atoms with Crippen molar-refractivity contribution >= 4 is 45.0 Å². The number of hydrogen-bond donors (Lipinski definition) is 7. The third kappa shape index (κ3) is 36.0. The molecule has 7 aromatic rings. The van der Waals surface area contributed by atoms with Gasteiger partial charge in [0.05, 0.1) is 56.2 Å². The lowest BCUT2D eigenvalue weighted by Crippen LogP contribution is -2.28. The average Bonchev–Trinajstić information content (AvgIpc) is 1.69. The summed E-state index contributed by atoms with van der Waals surface area (Å²) < 4.78 is 22.0. The molecule has 0 unspecified atom stereocenters. The Morgan fingerprint density at radius 3 is 1.31 bits per heavy atom. The molecule has 0 fully saturated rings. The molecule has 0 aromatic heterocycles. The highest BCUT2D eigenvalue weighted by molar-refractivity contribution is 9.10. The van der Waals surface area contributed by atoms with Crippen molar-refractivity contribution in [2.45, 2.75) is 172 Å². The van der Waals surface area contributed by atoms with Crippen molar-refractivity contribution in [1.82, 2.24) is 0 Å². The SMILES string of the molecule is CC(C)/C=C/c1ccc(Br)cc1.CC(C)[C@@H](N)Cc1ccc(O)cc1.CC(C)[C@H](O)Cc1ccc(Cl)cc1.CC(C)[C@H](O)Cc1ccc([N+](=O)[O-])cc1.CC(C)[C@H](O)Cc1ccc2c(c1)OCO2.COc1ccc(C[C@@H](O)C(C)C)cc1OC.[C-]#[N+]c1ccc(C[C@@H](O)C(C)C)cc1. The third-order valence-corrected chi connectivity index (χ3v) is 16.7. The molecule has 1 aliphatic heterocycles. The Bertz CT molecular complexity index is 3320. The molecule has 0 spiro atoms. The molecule has 0 saturated heterocycles. The van der Waals surface area contributed by atoms with Gasteiger partial charge in [-0.3, -0.25) is 10.1 Å². The summed E-state index contributed by atoms with van der Waals surface area (Å²) in [6, 6.07) is 48.5. The first-order valence-electron chi connectivity index (χ1n) is 33.7. The molecule has 17 heteroatoms. The average molecular weight is 1430 g/mol. The van der Waals surface area contributed by atoms with Crippen LogP contribution in [0.3, 0.4) is 0 Å². The van der Waals surface area contributed by atoms with E-state index in [9.17, 15) is 35.6 Å². The molecule has 7 aromatic carbocycles. The van der Waals surface area contributed by atoms with Crippen LogP contribution < -0.4 is 24.7 Å². The molecule has 536 valence electrons. The van der Waals surface area contributed by atoms with Gasteiger partial charge in [0.25, 0.3) is 5.69 Å². The summed E-state index contributed by atoms with van der Waals surface area (Å²) in [5, 5.41) is 68.6. The molecule has 1 heterocycles. The monoisotopic (exact) mass is 1430 g/mol. The normalized spacial score (nSPS) is 13.1. The second-order valence-corrected chi connectivity index (χ2v) is 28.1. The van der Waals surface area contributed by atoms with Crippen LogP contribution in [0.2, 0.25) is 5.02 Å². The van der Waals surface area contributed by atoms with Crippen molar-refractivity contribution < 1.29 is 54.5 Å². The van der Waals surface area contributed by atoms with Crippen molar-refractivity contribution in [3.63, 3.8) is 0 Å². The number of halogens is 2. The van der Waals surface area contributed by atoms with Gasteiger partial charge in [-0.1, -0.05) is 222 Å². The predicted molar refractivity (Wildman–Crippen MR) is 405 cm³/mol. The van der Waals surface area contributed by atoms with Crippen molar-refractivity contribution in [2.24, 2.45) is 47.2 Å². The highest BCUT2D eigenvalue weighted by Gasteiger charge is 2.18. The van der Waals surface area contributed by atoms with E-state index in [1.807, 2.05) is 154 Å². The molecule has 0 radical (unpaired) electrons. The van der Waals surface area contributed by atoms with E-state index in [0.29, 0.717) is 79.6 Å². The number of phenols is 1. The smallest absolute Gasteiger partial charge is 0.269 e. The minimum absolute atomic E-state index is 0.0813. The van der Waals surface area contributed by atoms with Crippen molar-refractivity contribution in [3.8, 4) is 28.7 Å². The number of benzene rings is 7. The number of nitro groups is 1. The van der Waals surface area contributed by atoms with E-state index in [1.54, 1.807) is 50.6 Å². The molecular formula is C81H111BrClN3O12. The third-order valence-electron chi connectivity index (χ3n) is 15.9. The number of ether oxygens (including phenoxy) is 4. The molecule has 8 N–H and O–H groups in total. The van der Waals surface area contributed by atoms with E-state index >= 15 is 0 Å². The number of allylic oxidation sites excluding steroid dienone is 1. The van der Waals surface area contributed by atoms with Crippen LogP contribution in [0.5, 0.6) is 28.7 Å². The van der Waals surface area contributed by atoms with Gasteiger partial charge in [-0.15, -0.1) is 0 Å². The number of aliphatic hydroxyl groups excluding tert-OH is 5. The molecule has 0 aliphatic carbocycles. The van der Waals surface area contributed by atoms with Gasteiger partial charge in [0.2, 0.25) is 6.79 Å². The Kier molecular flexibility index (Phi) is 41.5. The quantitative estimate of drug-likeness (QED) is 0.0180. The number of nitrogens with zero attached hydrogens (tertiary/aromatic N) is 2. The number of non-ortho nitro benzene ring substituents is 1. The second kappa shape index (κ2) is 46.9. The van der Waals surface area contributed by atoms with Gasteiger partial charge in [0, 0.05) is 27.7 Å². The maximum atomic E-state index is 10.4. The van der Waals surface area contributed by atoms with Crippen LogP contribution >= 0.6 is 27.5 Å². The van der Waals surface area contributed by atoms with Gasteiger partial charge in [0.15, 0.2) is 28.7 Å². The van der Waals surface area contributed by atoms with E-state index in [2.05, 4.69) is 84.9 Å². The number of hydrogen-bond acceptors (Lipinski definition) is 13. The summed E-state index contributed by atoms with van der Waals surface area (Å²) >= 11 is 9.15. The Morgan fingerprint density at radius 2 is 0.898 bits per heavy atom. The molecule has 0 amide bonds. The first-order chi connectivity index (χ1) is 46.2. The second-order valence-electron chi connectivity index (χ2n) is 26.7. The number of nitrogens with two attached hydrogens (primary N) is 1. The van der Waals surface area contributed by atoms with E-state index in [-0.39, 0.29) is 59.8 Å². The lowest BCUT2D eigenvalue weighted by atomic mass is 9.97. The van der Waals surface area contributed by atoms with Crippen LogP contribution in [0.1, 0.15) is 136 Å². The molecule has 1 aliphatic rings. The molecular weight excluding hydrogens is 1320 g/mol. The molecule has 6 atom stereocenters. The lowest BCUT2D eigenvalue weighted by molar-refractivity contribution is -0.384. The van der Waals surface area contributed by atoms with Crippen LogP contribution in [0, 0.1) is 58.1 Å². The number of nitro benzene ring substituents is 1. The summed E-state index contributed by atoms with van der Waals surface area (Å²) in [4.78, 5) is 13.3. The van der Waals surface area contributed by atoms with Gasteiger partial charge < -0.3 is 55.3 Å². The Morgan fingerprint density at radius 1 is 0.520 bits per heavy atom. The van der Waals surface area contributed by atoms with Crippen molar-refractivity contribution in [3.05, 3.63) is 234 Å². The van der Waals surface area contributed by atoms with E-state index in [1.165, 1.54) is 23.3 Å². The maximum Gasteiger partial charge on any atom is 0.269 e. The van der Waals surface area contributed by atoms with E-state index in [4.69, 9.17) is 48.0 Å². The van der Waals surface area contributed by atoms with Gasteiger partial charge in [-0.2, -0.15) is 0 Å². The highest BCUT2D eigenvalue weighted by Crippen LogP contribution is 2.33. The minimum Gasteiger partial charge on any atom is -0.508 e. The molecule has 0 bridgehead atoms. The number of aliphatic hydroxyl groups is 5. The zero-order chi connectivity index (χ0) is 73.6. The van der Waals surface area contributed by atoms with E-state index in [0.717, 1.165) is 55.2 Å². The van der Waals surface area contributed by atoms with Gasteiger partial charge >= 0.3 is 0 Å². The lowest BCUT2D eigenvalue weighted by Gasteiger charge is -2.15. The molecule has 8 rings (SSSR count). The molecule has 98 heavy (non-hydrogen) atoms. The van der Waals surface area contributed by atoms with Crippen LogP contribution in [0.25, 0.3) is 10.9 Å². The first kappa shape index (κ1) is 86.8. The number of rotatable bonds is 23. The number of phenolic OH excluding ortho intramolecular Hbond substituents is 1. The summed E-state index contributed by atoms with van der Waals surface area (Å²) in [6.45, 7) is 35.6. The van der Waals surface area contributed by atoms with Gasteiger partial charge in [-0.25, -0.2) is 4.85 Å². The fraction of sp³-hybridized carbons (Fsp3) is 0.444. The molecule has 15 nitrogen and oxygen atoms in total. The minimum atomic E-state index is -0.428. The summed E-state index contributed by atoms with van der Waals surface area (Å²) in [7, 11) is 3.22. The van der Waals surface area contributed by atoms with Crippen molar-refractivity contribution in [2.75, 3.05) is 21.0 Å². The summed E-state index contributed by atoms with van der Waals surface area (Å²) in [5.41, 5.74) is 14.4. The van der Waals surface area contributed by atoms with Crippen LogP contribution in [0.4, 0.5) is 11.4 Å².